The minimum atomic E-state index is -4.73. The summed E-state index contributed by atoms with van der Waals surface area (Å²) in [6.07, 6.45) is -4.73. The Bertz CT molecular complexity index is 1630. The molecule has 0 radical (unpaired) electrons. The molecule has 0 saturated carbocycles. The first kappa shape index (κ1) is 29.3. The average Bonchev–Trinajstić information content (AvgIpc) is 2.96. The highest BCUT2D eigenvalue weighted by Crippen LogP contribution is 2.33. The molecule has 4 rings (SSSR count). The minimum absolute atomic E-state index is 0.108. The van der Waals surface area contributed by atoms with E-state index in [9.17, 15) is 31.2 Å². The fraction of sp³-hybridized carbons (Fsp3) is 0.133. The zero-order valence-electron chi connectivity index (χ0n) is 21.8. The number of alkyl halides is 3. The summed E-state index contributed by atoms with van der Waals surface area (Å²) in [5.74, 6) is -1.35. The van der Waals surface area contributed by atoms with Crippen LogP contribution >= 0.6 is 0 Å². The lowest BCUT2D eigenvalue weighted by Gasteiger charge is -2.25. The third-order valence-corrected chi connectivity index (χ3v) is 7.96. The van der Waals surface area contributed by atoms with Crippen LogP contribution in [-0.4, -0.2) is 26.8 Å². The molecule has 0 unspecified atom stereocenters. The van der Waals surface area contributed by atoms with Gasteiger partial charge in [-0.1, -0.05) is 66.7 Å². The highest BCUT2D eigenvalue weighted by atomic mass is 32.2. The molecule has 0 aliphatic heterocycles. The number of amides is 2. The largest absolute Gasteiger partial charge is 0.416 e. The van der Waals surface area contributed by atoms with Gasteiger partial charge in [-0.3, -0.25) is 13.9 Å². The number of carbonyl (C=O) groups is 2. The predicted octanol–water partition coefficient (Wildman–Crippen LogP) is 6.03. The van der Waals surface area contributed by atoms with Crippen molar-refractivity contribution >= 4 is 33.2 Å². The van der Waals surface area contributed by atoms with Gasteiger partial charge in [-0.25, -0.2) is 8.42 Å². The second-order valence-corrected chi connectivity index (χ2v) is 10.9. The van der Waals surface area contributed by atoms with Crippen LogP contribution in [0.25, 0.3) is 0 Å². The third-order valence-electron chi connectivity index (χ3n) is 6.17. The number of nitrogens with one attached hydrogen (secondary N) is 2. The molecule has 1 atom stereocenters. The van der Waals surface area contributed by atoms with E-state index in [0.29, 0.717) is 10.4 Å². The Morgan fingerprint density at radius 3 is 2.10 bits per heavy atom. The first-order chi connectivity index (χ1) is 19.5. The molecular weight excluding hydrogens is 555 g/mol. The summed E-state index contributed by atoms with van der Waals surface area (Å²) in [6.45, 7) is 0.949. The van der Waals surface area contributed by atoms with Gasteiger partial charge in [-0.15, -0.1) is 0 Å². The predicted molar refractivity (Wildman–Crippen MR) is 150 cm³/mol. The molecule has 2 N–H and O–H groups in total. The van der Waals surface area contributed by atoms with Gasteiger partial charge in [0.2, 0.25) is 5.91 Å². The van der Waals surface area contributed by atoms with Crippen molar-refractivity contribution < 1.29 is 31.2 Å². The molecule has 0 saturated heterocycles. The van der Waals surface area contributed by atoms with Crippen molar-refractivity contribution in [2.75, 3.05) is 16.2 Å². The molecule has 0 aliphatic carbocycles. The van der Waals surface area contributed by atoms with Gasteiger partial charge in [0.05, 0.1) is 33.4 Å². The van der Waals surface area contributed by atoms with Crippen molar-refractivity contribution in [1.29, 1.82) is 0 Å². The average molecular weight is 582 g/mol. The number of sulfonamides is 1. The van der Waals surface area contributed by atoms with Crippen LogP contribution in [0.1, 0.15) is 34.5 Å². The Labute approximate surface area is 235 Å². The summed E-state index contributed by atoms with van der Waals surface area (Å²) in [5.41, 5.74) is -0.318. The Hall–Kier alpha value is -4.64. The van der Waals surface area contributed by atoms with Gasteiger partial charge < -0.3 is 10.6 Å². The molecule has 0 bridgehead atoms. The number of rotatable bonds is 9. The Morgan fingerprint density at radius 2 is 1.44 bits per heavy atom. The van der Waals surface area contributed by atoms with E-state index in [2.05, 4.69) is 10.6 Å². The minimum Gasteiger partial charge on any atom is -0.345 e. The molecule has 2 amide bonds. The third kappa shape index (κ3) is 7.12. The van der Waals surface area contributed by atoms with Gasteiger partial charge in [0, 0.05) is 0 Å². The normalized spacial score (nSPS) is 12.3. The van der Waals surface area contributed by atoms with Gasteiger partial charge in [0.1, 0.15) is 6.54 Å². The zero-order chi connectivity index (χ0) is 29.6. The SMILES string of the molecule is C[C@@H](NC(=O)c1ccccc1NC(=O)CN(c1cccc(C(F)(F)F)c1)S(=O)(=O)c1ccccc1)c1ccccc1. The summed E-state index contributed by atoms with van der Waals surface area (Å²) in [4.78, 5) is 26.1. The molecule has 4 aromatic carbocycles. The highest BCUT2D eigenvalue weighted by Gasteiger charge is 2.33. The van der Waals surface area contributed by atoms with Crippen LogP contribution in [0, 0.1) is 0 Å². The van der Waals surface area contributed by atoms with Crippen molar-refractivity contribution in [3.8, 4) is 0 Å². The molecule has 0 heterocycles. The number of hydrogen-bond donors (Lipinski definition) is 2. The van der Waals surface area contributed by atoms with Crippen LogP contribution < -0.4 is 14.9 Å². The van der Waals surface area contributed by atoms with Crippen LogP contribution in [0.15, 0.2) is 114 Å². The van der Waals surface area contributed by atoms with Crippen LogP contribution in [-0.2, 0) is 21.0 Å². The van der Waals surface area contributed by atoms with Crippen LogP contribution in [0.2, 0.25) is 0 Å². The lowest BCUT2D eigenvalue weighted by molar-refractivity contribution is -0.137. The molecular formula is C30H26F3N3O4S. The quantitative estimate of drug-likeness (QED) is 0.252. The number of nitrogens with zero attached hydrogens (tertiary/aromatic N) is 1. The molecule has 11 heteroatoms. The van der Waals surface area contributed by atoms with Crippen molar-refractivity contribution in [1.82, 2.24) is 5.32 Å². The van der Waals surface area contributed by atoms with Crippen molar-refractivity contribution in [2.45, 2.75) is 24.0 Å². The summed E-state index contributed by atoms with van der Waals surface area (Å²) in [5, 5.41) is 5.40. The van der Waals surface area contributed by atoms with E-state index in [1.165, 1.54) is 42.5 Å². The van der Waals surface area contributed by atoms with Crippen molar-refractivity contribution in [2.24, 2.45) is 0 Å². The lowest BCUT2D eigenvalue weighted by atomic mass is 10.1. The first-order valence-corrected chi connectivity index (χ1v) is 13.9. The number of anilines is 2. The molecule has 41 heavy (non-hydrogen) atoms. The van der Waals surface area contributed by atoms with E-state index in [1.54, 1.807) is 25.1 Å². The Morgan fingerprint density at radius 1 is 0.829 bits per heavy atom. The van der Waals surface area contributed by atoms with E-state index >= 15 is 0 Å². The maximum atomic E-state index is 13.5. The van der Waals surface area contributed by atoms with Gasteiger partial charge in [0.25, 0.3) is 15.9 Å². The number of benzene rings is 4. The van der Waals surface area contributed by atoms with E-state index in [1.807, 2.05) is 30.3 Å². The smallest absolute Gasteiger partial charge is 0.345 e. The number of hydrogen-bond acceptors (Lipinski definition) is 4. The zero-order valence-corrected chi connectivity index (χ0v) is 22.6. The van der Waals surface area contributed by atoms with E-state index in [4.69, 9.17) is 0 Å². The lowest BCUT2D eigenvalue weighted by Crippen LogP contribution is -2.38. The monoisotopic (exact) mass is 581 g/mol. The maximum Gasteiger partial charge on any atom is 0.416 e. The highest BCUT2D eigenvalue weighted by molar-refractivity contribution is 7.92. The number of carbonyl (C=O) groups excluding carboxylic acids is 2. The summed E-state index contributed by atoms with van der Waals surface area (Å²) < 4.78 is 67.9. The molecule has 0 aromatic heterocycles. The van der Waals surface area contributed by atoms with E-state index in [-0.39, 0.29) is 27.9 Å². The second-order valence-electron chi connectivity index (χ2n) is 9.07. The topological polar surface area (TPSA) is 95.6 Å². The fourth-order valence-corrected chi connectivity index (χ4v) is 5.52. The molecule has 0 aliphatic rings. The first-order valence-electron chi connectivity index (χ1n) is 12.5. The maximum absolute atomic E-state index is 13.5. The van der Waals surface area contributed by atoms with E-state index < -0.39 is 40.1 Å². The van der Waals surface area contributed by atoms with Crippen molar-refractivity contribution in [3.05, 3.63) is 126 Å². The van der Waals surface area contributed by atoms with Crippen LogP contribution in [0.3, 0.4) is 0 Å². The number of halogens is 3. The molecule has 0 spiro atoms. The molecule has 212 valence electrons. The van der Waals surface area contributed by atoms with Gasteiger partial charge >= 0.3 is 6.18 Å². The van der Waals surface area contributed by atoms with Crippen LogP contribution in [0.5, 0.6) is 0 Å². The van der Waals surface area contributed by atoms with Gasteiger partial charge in [-0.2, -0.15) is 13.2 Å². The summed E-state index contributed by atoms with van der Waals surface area (Å²) in [7, 11) is -4.45. The van der Waals surface area contributed by atoms with Gasteiger partial charge in [-0.05, 0) is 55.0 Å². The molecule has 0 fully saturated rings. The fourth-order valence-electron chi connectivity index (χ4n) is 4.08. The summed E-state index contributed by atoms with van der Waals surface area (Å²) >= 11 is 0. The molecule has 4 aromatic rings. The summed E-state index contributed by atoms with van der Waals surface area (Å²) in [6, 6.07) is 25.8. The Balaban J connectivity index is 1.62. The number of para-hydroxylation sites is 1. The van der Waals surface area contributed by atoms with Gasteiger partial charge in [0.15, 0.2) is 0 Å². The van der Waals surface area contributed by atoms with Crippen molar-refractivity contribution in [3.63, 3.8) is 0 Å². The van der Waals surface area contributed by atoms with E-state index in [0.717, 1.165) is 17.7 Å². The Kier molecular flexibility index (Phi) is 8.77. The standard InChI is InChI=1S/C30H26F3N3O4S/c1-21(22-11-4-2-5-12-22)34-29(38)26-17-8-9-18-27(26)35-28(37)20-36(41(39,40)25-15-6-3-7-16-25)24-14-10-13-23(19-24)30(31,32)33/h2-19,21H,20H2,1H3,(H,34,38)(H,35,37)/t21-/m1/s1. The molecule has 7 nitrogen and oxygen atoms in total. The van der Waals surface area contributed by atoms with Crippen LogP contribution in [0.4, 0.5) is 24.5 Å². The second kappa shape index (κ2) is 12.3.